The normalized spacial score (nSPS) is 14.9. The third-order valence-electron chi connectivity index (χ3n) is 3.61. The first-order valence-corrected chi connectivity index (χ1v) is 8.88. The fourth-order valence-electron chi connectivity index (χ4n) is 2.37. The van der Waals surface area contributed by atoms with Gasteiger partial charge in [0.2, 0.25) is 0 Å². The van der Waals surface area contributed by atoms with Crippen molar-refractivity contribution in [3.63, 3.8) is 0 Å². The summed E-state index contributed by atoms with van der Waals surface area (Å²) in [6.45, 7) is 2.84. The molecule has 1 aliphatic heterocycles. The van der Waals surface area contributed by atoms with Gasteiger partial charge in [0.15, 0.2) is 0 Å². The van der Waals surface area contributed by atoms with Crippen LogP contribution in [-0.2, 0) is 14.8 Å². The van der Waals surface area contributed by atoms with Crippen LogP contribution < -0.4 is 9.62 Å². The molecule has 0 atom stereocenters. The number of nitrogens with zero attached hydrogens (tertiary/aromatic N) is 3. The van der Waals surface area contributed by atoms with E-state index in [2.05, 4.69) is 14.6 Å². The standard InChI is InChI=1S/C16H16N4O3S/c17-11-13-2-1-3-15(10-13)24(21,22)19-14-4-5-16(18-12-14)20-6-8-23-9-7-20/h1-5,10,12,19H,6-9H2. The Morgan fingerprint density at radius 2 is 2.00 bits per heavy atom. The van der Waals surface area contributed by atoms with Crippen LogP contribution in [-0.4, -0.2) is 39.7 Å². The number of aromatic nitrogens is 1. The van der Waals surface area contributed by atoms with Crippen LogP contribution in [0.2, 0.25) is 0 Å². The number of sulfonamides is 1. The SMILES string of the molecule is N#Cc1cccc(S(=O)(=O)Nc2ccc(N3CCOCC3)nc2)c1. The van der Waals surface area contributed by atoms with Gasteiger partial charge in [0, 0.05) is 13.1 Å². The largest absolute Gasteiger partial charge is 0.378 e. The van der Waals surface area contributed by atoms with Crippen LogP contribution in [0.1, 0.15) is 5.56 Å². The first kappa shape index (κ1) is 16.2. The van der Waals surface area contributed by atoms with E-state index in [0.29, 0.717) is 24.5 Å². The second kappa shape index (κ2) is 6.86. The summed E-state index contributed by atoms with van der Waals surface area (Å²) < 4.78 is 32.5. The Kier molecular flexibility index (Phi) is 4.64. The summed E-state index contributed by atoms with van der Waals surface area (Å²) in [5.74, 6) is 0.785. The molecule has 7 nitrogen and oxygen atoms in total. The van der Waals surface area contributed by atoms with Crippen LogP contribution in [0.3, 0.4) is 0 Å². The van der Waals surface area contributed by atoms with Gasteiger partial charge in [-0.05, 0) is 30.3 Å². The average Bonchev–Trinajstić information content (AvgIpc) is 2.63. The highest BCUT2D eigenvalue weighted by Crippen LogP contribution is 2.19. The molecule has 3 rings (SSSR count). The molecular weight excluding hydrogens is 328 g/mol. The lowest BCUT2D eigenvalue weighted by molar-refractivity contribution is 0.122. The fourth-order valence-corrected chi connectivity index (χ4v) is 3.46. The molecule has 0 bridgehead atoms. The maximum absolute atomic E-state index is 12.4. The highest BCUT2D eigenvalue weighted by atomic mass is 32.2. The van der Waals surface area contributed by atoms with Crippen LogP contribution in [0.25, 0.3) is 0 Å². The zero-order chi connectivity index (χ0) is 17.0. The fraction of sp³-hybridized carbons (Fsp3) is 0.250. The number of morpholine rings is 1. The minimum absolute atomic E-state index is 0.0406. The van der Waals surface area contributed by atoms with E-state index in [1.165, 1.54) is 24.4 Å². The predicted octanol–water partition coefficient (Wildman–Crippen LogP) is 1.59. The molecule has 1 aromatic heterocycles. The van der Waals surface area contributed by atoms with Crippen LogP contribution in [0.4, 0.5) is 11.5 Å². The van der Waals surface area contributed by atoms with E-state index in [1.807, 2.05) is 6.07 Å². The van der Waals surface area contributed by atoms with Gasteiger partial charge in [0.25, 0.3) is 10.0 Å². The molecule has 0 radical (unpaired) electrons. The molecule has 0 amide bonds. The number of hydrogen-bond acceptors (Lipinski definition) is 6. The lowest BCUT2D eigenvalue weighted by Gasteiger charge is -2.27. The number of pyridine rings is 1. The average molecular weight is 344 g/mol. The summed E-state index contributed by atoms with van der Waals surface area (Å²) in [6.07, 6.45) is 1.48. The predicted molar refractivity (Wildman–Crippen MR) is 89.2 cm³/mol. The Labute approximate surface area is 140 Å². The molecule has 0 spiro atoms. The summed E-state index contributed by atoms with van der Waals surface area (Å²) in [6, 6.07) is 11.2. The summed E-state index contributed by atoms with van der Waals surface area (Å²) in [4.78, 5) is 6.43. The van der Waals surface area contributed by atoms with E-state index in [-0.39, 0.29) is 4.90 Å². The van der Waals surface area contributed by atoms with Crippen LogP contribution in [0.15, 0.2) is 47.5 Å². The molecule has 24 heavy (non-hydrogen) atoms. The van der Waals surface area contributed by atoms with Gasteiger partial charge >= 0.3 is 0 Å². The zero-order valence-electron chi connectivity index (χ0n) is 12.8. The lowest BCUT2D eigenvalue weighted by Crippen LogP contribution is -2.36. The number of hydrogen-bond donors (Lipinski definition) is 1. The van der Waals surface area contributed by atoms with Crippen LogP contribution >= 0.6 is 0 Å². The van der Waals surface area contributed by atoms with E-state index in [1.54, 1.807) is 18.2 Å². The molecule has 0 unspecified atom stereocenters. The van der Waals surface area contributed by atoms with E-state index >= 15 is 0 Å². The van der Waals surface area contributed by atoms with Crippen LogP contribution in [0.5, 0.6) is 0 Å². The number of nitriles is 1. The smallest absolute Gasteiger partial charge is 0.261 e. The van der Waals surface area contributed by atoms with Crippen LogP contribution in [0, 0.1) is 11.3 Å². The Balaban J connectivity index is 1.76. The molecule has 0 aliphatic carbocycles. The van der Waals surface area contributed by atoms with Gasteiger partial charge in [-0.15, -0.1) is 0 Å². The molecule has 0 saturated carbocycles. The summed E-state index contributed by atoms with van der Waals surface area (Å²) in [7, 11) is -3.76. The summed E-state index contributed by atoms with van der Waals surface area (Å²) in [5.41, 5.74) is 0.660. The van der Waals surface area contributed by atoms with Gasteiger partial charge in [-0.2, -0.15) is 5.26 Å². The van der Waals surface area contributed by atoms with E-state index < -0.39 is 10.0 Å². The van der Waals surface area contributed by atoms with Gasteiger partial charge < -0.3 is 9.64 Å². The Bertz CT molecular complexity index is 854. The Morgan fingerprint density at radius 1 is 1.21 bits per heavy atom. The van der Waals surface area contributed by atoms with Gasteiger partial charge in [0.1, 0.15) is 5.82 Å². The molecule has 8 heteroatoms. The first-order chi connectivity index (χ1) is 11.6. The summed E-state index contributed by atoms with van der Waals surface area (Å²) >= 11 is 0. The highest BCUT2D eigenvalue weighted by Gasteiger charge is 2.16. The molecule has 2 aromatic rings. The second-order valence-electron chi connectivity index (χ2n) is 5.25. The van der Waals surface area contributed by atoms with Gasteiger partial charge in [-0.25, -0.2) is 13.4 Å². The van der Waals surface area contributed by atoms with Crippen molar-refractivity contribution in [2.24, 2.45) is 0 Å². The maximum atomic E-state index is 12.4. The van der Waals surface area contributed by atoms with Crippen molar-refractivity contribution in [1.82, 2.24) is 4.98 Å². The Hall–Kier alpha value is -2.63. The van der Waals surface area contributed by atoms with Gasteiger partial charge in [-0.1, -0.05) is 6.07 Å². The summed E-state index contributed by atoms with van der Waals surface area (Å²) in [5, 5.41) is 8.88. The molecule has 1 aromatic carbocycles. The highest BCUT2D eigenvalue weighted by molar-refractivity contribution is 7.92. The molecular formula is C16H16N4O3S. The third-order valence-corrected chi connectivity index (χ3v) is 4.99. The number of ether oxygens (including phenoxy) is 1. The molecule has 1 saturated heterocycles. The van der Waals surface area contributed by atoms with Gasteiger partial charge in [-0.3, -0.25) is 4.72 Å². The van der Waals surface area contributed by atoms with Crippen molar-refractivity contribution in [2.45, 2.75) is 4.90 Å². The topological polar surface area (TPSA) is 95.3 Å². The number of anilines is 2. The lowest BCUT2D eigenvalue weighted by atomic mass is 10.2. The minimum Gasteiger partial charge on any atom is -0.378 e. The third kappa shape index (κ3) is 3.64. The number of nitrogens with one attached hydrogen (secondary N) is 1. The van der Waals surface area contributed by atoms with E-state index in [4.69, 9.17) is 10.00 Å². The molecule has 124 valence electrons. The number of rotatable bonds is 4. The maximum Gasteiger partial charge on any atom is 0.261 e. The van der Waals surface area contributed by atoms with Crippen molar-refractivity contribution in [2.75, 3.05) is 35.9 Å². The van der Waals surface area contributed by atoms with Gasteiger partial charge in [0.05, 0.1) is 41.6 Å². The zero-order valence-corrected chi connectivity index (χ0v) is 13.7. The monoisotopic (exact) mass is 344 g/mol. The van der Waals surface area contributed by atoms with Crippen molar-refractivity contribution in [3.05, 3.63) is 48.2 Å². The second-order valence-corrected chi connectivity index (χ2v) is 6.93. The van der Waals surface area contributed by atoms with E-state index in [9.17, 15) is 8.42 Å². The Morgan fingerprint density at radius 3 is 2.67 bits per heavy atom. The first-order valence-electron chi connectivity index (χ1n) is 7.40. The minimum atomic E-state index is -3.76. The van der Waals surface area contributed by atoms with Crippen molar-refractivity contribution < 1.29 is 13.2 Å². The number of benzene rings is 1. The van der Waals surface area contributed by atoms with Crippen molar-refractivity contribution in [3.8, 4) is 6.07 Å². The quantitative estimate of drug-likeness (QED) is 0.905. The molecule has 1 N–H and O–H groups in total. The molecule has 2 heterocycles. The molecule has 1 fully saturated rings. The van der Waals surface area contributed by atoms with E-state index in [0.717, 1.165) is 18.9 Å². The van der Waals surface area contributed by atoms with Crippen molar-refractivity contribution >= 4 is 21.5 Å². The van der Waals surface area contributed by atoms with Crippen molar-refractivity contribution in [1.29, 1.82) is 5.26 Å². The molecule has 1 aliphatic rings.